The van der Waals surface area contributed by atoms with E-state index in [1.165, 1.54) is 6.20 Å². The Morgan fingerprint density at radius 3 is 2.76 bits per heavy atom. The highest BCUT2D eigenvalue weighted by atomic mass is 16.6. The first-order chi connectivity index (χ1) is 9.91. The molecule has 1 atom stereocenters. The zero-order valence-corrected chi connectivity index (χ0v) is 12.5. The van der Waals surface area contributed by atoms with Gasteiger partial charge in [0.2, 0.25) is 0 Å². The Morgan fingerprint density at radius 1 is 1.48 bits per heavy atom. The largest absolute Gasteiger partial charge is 0.319 e. The van der Waals surface area contributed by atoms with Crippen molar-refractivity contribution in [3.05, 3.63) is 45.3 Å². The minimum Gasteiger partial charge on any atom is -0.319 e. The lowest BCUT2D eigenvalue weighted by Crippen LogP contribution is -2.22. The molecule has 0 saturated carbocycles. The molecule has 1 N–H and O–H groups in total. The Kier molecular flexibility index (Phi) is 4.27. The maximum atomic E-state index is 11.1. The summed E-state index contributed by atoms with van der Waals surface area (Å²) < 4.78 is 1.83. The normalized spacial score (nSPS) is 12.4. The molecule has 2 rings (SSSR count). The molecule has 2 aromatic heterocycles. The lowest BCUT2D eigenvalue weighted by atomic mass is 10.1. The van der Waals surface area contributed by atoms with Gasteiger partial charge < -0.3 is 9.88 Å². The number of nitrogens with zero attached hydrogens (tertiary/aromatic N) is 5. The second-order valence-electron chi connectivity index (χ2n) is 5.02. The molecule has 8 nitrogen and oxygen atoms in total. The van der Waals surface area contributed by atoms with Crippen molar-refractivity contribution < 1.29 is 4.92 Å². The molecule has 0 saturated heterocycles. The SMILES string of the molecule is Cc1cnc(CNC(C)c2nncn2C)c(C)c1[N+](=O)[O-]. The van der Waals surface area contributed by atoms with Gasteiger partial charge in [-0.15, -0.1) is 10.2 Å². The fraction of sp³-hybridized carbons (Fsp3) is 0.462. The van der Waals surface area contributed by atoms with Crippen LogP contribution in [0.3, 0.4) is 0 Å². The molecular formula is C13H18N6O2. The van der Waals surface area contributed by atoms with E-state index in [1.54, 1.807) is 20.2 Å². The third kappa shape index (κ3) is 3.05. The lowest BCUT2D eigenvalue weighted by molar-refractivity contribution is -0.386. The third-order valence-electron chi connectivity index (χ3n) is 3.47. The van der Waals surface area contributed by atoms with Gasteiger partial charge >= 0.3 is 0 Å². The quantitative estimate of drug-likeness (QED) is 0.663. The molecule has 0 aromatic carbocycles. The number of pyridine rings is 1. The van der Waals surface area contributed by atoms with Gasteiger partial charge in [-0.3, -0.25) is 15.1 Å². The molecule has 0 amide bonds. The Morgan fingerprint density at radius 2 is 2.19 bits per heavy atom. The van der Waals surface area contributed by atoms with E-state index in [0.29, 0.717) is 23.4 Å². The number of rotatable bonds is 5. The van der Waals surface area contributed by atoms with Gasteiger partial charge in [-0.2, -0.15) is 0 Å². The number of nitrogens with one attached hydrogen (secondary N) is 1. The molecule has 0 bridgehead atoms. The molecule has 0 aliphatic heterocycles. The van der Waals surface area contributed by atoms with Crippen LogP contribution in [-0.2, 0) is 13.6 Å². The van der Waals surface area contributed by atoms with Crippen LogP contribution >= 0.6 is 0 Å². The minimum atomic E-state index is -0.359. The first-order valence-electron chi connectivity index (χ1n) is 6.58. The fourth-order valence-electron chi connectivity index (χ4n) is 2.25. The van der Waals surface area contributed by atoms with Crippen LogP contribution in [0.2, 0.25) is 0 Å². The van der Waals surface area contributed by atoms with Crippen LogP contribution in [0.15, 0.2) is 12.5 Å². The van der Waals surface area contributed by atoms with Gasteiger partial charge in [-0.25, -0.2) is 0 Å². The van der Waals surface area contributed by atoms with Gasteiger partial charge in [0.05, 0.1) is 16.7 Å². The highest BCUT2D eigenvalue weighted by Crippen LogP contribution is 2.24. The summed E-state index contributed by atoms with van der Waals surface area (Å²) in [5.74, 6) is 0.800. The molecule has 0 radical (unpaired) electrons. The molecule has 2 aromatic rings. The molecule has 0 spiro atoms. The van der Waals surface area contributed by atoms with Crippen molar-refractivity contribution >= 4 is 5.69 Å². The highest BCUT2D eigenvalue weighted by molar-refractivity contribution is 5.47. The van der Waals surface area contributed by atoms with Gasteiger partial charge in [-0.1, -0.05) is 0 Å². The second kappa shape index (κ2) is 5.96. The minimum absolute atomic E-state index is 0.0286. The molecule has 1 unspecified atom stereocenters. The first kappa shape index (κ1) is 15.0. The van der Waals surface area contributed by atoms with Crippen LogP contribution in [0.1, 0.15) is 35.6 Å². The molecule has 0 fully saturated rings. The van der Waals surface area contributed by atoms with E-state index >= 15 is 0 Å². The summed E-state index contributed by atoms with van der Waals surface area (Å²) in [5.41, 5.74) is 1.97. The molecule has 21 heavy (non-hydrogen) atoms. The smallest absolute Gasteiger partial charge is 0.278 e. The standard InChI is InChI=1S/C13H18N6O2/c1-8-5-15-11(9(2)12(8)19(20)21)6-14-10(3)13-17-16-7-18(13)4/h5,7,10,14H,6H2,1-4H3. The monoisotopic (exact) mass is 290 g/mol. The van der Waals surface area contributed by atoms with Crippen LogP contribution in [0.4, 0.5) is 5.69 Å². The number of hydrogen-bond donors (Lipinski definition) is 1. The molecular weight excluding hydrogens is 272 g/mol. The van der Waals surface area contributed by atoms with Crippen molar-refractivity contribution in [2.75, 3.05) is 0 Å². The summed E-state index contributed by atoms with van der Waals surface area (Å²) in [6.07, 6.45) is 3.17. The summed E-state index contributed by atoms with van der Waals surface area (Å²) in [5, 5.41) is 22.2. The van der Waals surface area contributed by atoms with E-state index in [4.69, 9.17) is 0 Å². The van der Waals surface area contributed by atoms with Crippen LogP contribution in [-0.4, -0.2) is 24.7 Å². The van der Waals surface area contributed by atoms with Crippen LogP contribution in [0.5, 0.6) is 0 Å². The molecule has 0 aliphatic rings. The Bertz CT molecular complexity index is 667. The number of aryl methyl sites for hydroxylation is 2. The van der Waals surface area contributed by atoms with Crippen molar-refractivity contribution in [2.45, 2.75) is 33.4 Å². The maximum absolute atomic E-state index is 11.1. The maximum Gasteiger partial charge on any atom is 0.278 e. The van der Waals surface area contributed by atoms with Crippen molar-refractivity contribution in [1.82, 2.24) is 25.1 Å². The Labute approximate surface area is 122 Å². The Hall–Kier alpha value is -2.35. The summed E-state index contributed by atoms with van der Waals surface area (Å²) in [6, 6.07) is -0.0286. The number of nitro groups is 1. The van der Waals surface area contributed by atoms with E-state index in [-0.39, 0.29) is 16.7 Å². The predicted octanol–water partition coefficient (Wildman–Crippen LogP) is 1.59. The molecule has 8 heteroatoms. The highest BCUT2D eigenvalue weighted by Gasteiger charge is 2.19. The van der Waals surface area contributed by atoms with Gasteiger partial charge in [0.1, 0.15) is 12.2 Å². The van der Waals surface area contributed by atoms with Crippen molar-refractivity contribution in [1.29, 1.82) is 0 Å². The lowest BCUT2D eigenvalue weighted by Gasteiger charge is -2.14. The topological polar surface area (TPSA) is 98.8 Å². The van der Waals surface area contributed by atoms with E-state index in [2.05, 4.69) is 20.5 Å². The van der Waals surface area contributed by atoms with Gasteiger partial charge in [0.25, 0.3) is 5.69 Å². The van der Waals surface area contributed by atoms with Crippen molar-refractivity contribution in [2.24, 2.45) is 7.05 Å². The Balaban J connectivity index is 2.16. The third-order valence-corrected chi connectivity index (χ3v) is 3.47. The fourth-order valence-corrected chi connectivity index (χ4v) is 2.25. The average molecular weight is 290 g/mol. The van der Waals surface area contributed by atoms with Crippen LogP contribution in [0, 0.1) is 24.0 Å². The van der Waals surface area contributed by atoms with E-state index in [1.807, 2.05) is 18.5 Å². The predicted molar refractivity (Wildman–Crippen MR) is 76.6 cm³/mol. The van der Waals surface area contributed by atoms with Crippen molar-refractivity contribution in [3.8, 4) is 0 Å². The van der Waals surface area contributed by atoms with E-state index in [9.17, 15) is 10.1 Å². The van der Waals surface area contributed by atoms with Gasteiger partial charge in [0, 0.05) is 30.9 Å². The summed E-state index contributed by atoms with van der Waals surface area (Å²) in [4.78, 5) is 15.0. The second-order valence-corrected chi connectivity index (χ2v) is 5.02. The summed E-state index contributed by atoms with van der Waals surface area (Å²) in [6.45, 7) is 5.81. The zero-order valence-electron chi connectivity index (χ0n) is 12.5. The summed E-state index contributed by atoms with van der Waals surface area (Å²) in [7, 11) is 1.87. The number of hydrogen-bond acceptors (Lipinski definition) is 6. The van der Waals surface area contributed by atoms with Crippen LogP contribution < -0.4 is 5.32 Å². The van der Waals surface area contributed by atoms with E-state index in [0.717, 1.165) is 5.82 Å². The first-order valence-corrected chi connectivity index (χ1v) is 6.58. The van der Waals surface area contributed by atoms with Crippen molar-refractivity contribution in [3.63, 3.8) is 0 Å². The zero-order chi connectivity index (χ0) is 15.6. The summed E-state index contributed by atoms with van der Waals surface area (Å²) >= 11 is 0. The van der Waals surface area contributed by atoms with Gasteiger partial charge in [0.15, 0.2) is 0 Å². The van der Waals surface area contributed by atoms with E-state index < -0.39 is 0 Å². The van der Waals surface area contributed by atoms with Gasteiger partial charge in [-0.05, 0) is 20.8 Å². The molecule has 112 valence electrons. The van der Waals surface area contributed by atoms with Crippen LogP contribution in [0.25, 0.3) is 0 Å². The molecule has 2 heterocycles. The average Bonchev–Trinajstić information content (AvgIpc) is 2.83. The molecule has 0 aliphatic carbocycles. The number of aromatic nitrogens is 4.